The lowest BCUT2D eigenvalue weighted by Gasteiger charge is -2.06. The molecule has 0 atom stereocenters. The molecule has 3 nitrogen and oxygen atoms in total. The van der Waals surface area contributed by atoms with Crippen LogP contribution in [0.25, 0.3) is 0 Å². The van der Waals surface area contributed by atoms with E-state index in [0.29, 0.717) is 17.0 Å². The van der Waals surface area contributed by atoms with Gasteiger partial charge in [-0.25, -0.2) is 0 Å². The van der Waals surface area contributed by atoms with Gasteiger partial charge < -0.3 is 9.53 Å². The van der Waals surface area contributed by atoms with Crippen LogP contribution in [0.4, 0.5) is 0 Å². The summed E-state index contributed by atoms with van der Waals surface area (Å²) >= 11 is 4.73. The number of rotatable bonds is 7. The quantitative estimate of drug-likeness (QED) is 0.686. The Kier molecular flexibility index (Phi) is 5.70. The van der Waals surface area contributed by atoms with Gasteiger partial charge in [-0.15, -0.1) is 11.3 Å². The summed E-state index contributed by atoms with van der Waals surface area (Å²) in [6.07, 6.45) is 1.28. The van der Waals surface area contributed by atoms with Gasteiger partial charge in [0, 0.05) is 6.42 Å². The lowest BCUT2D eigenvalue weighted by molar-refractivity contribution is -0.116. The van der Waals surface area contributed by atoms with Crippen LogP contribution < -0.4 is 4.74 Å². The molecule has 0 fully saturated rings. The Hall–Kier alpha value is -1.46. The van der Waals surface area contributed by atoms with E-state index in [1.807, 2.05) is 30.3 Å². The molecule has 0 aliphatic heterocycles. The first kappa shape index (κ1) is 15.9. The van der Waals surface area contributed by atoms with Crippen LogP contribution in [-0.4, -0.2) is 18.2 Å². The van der Waals surface area contributed by atoms with Crippen LogP contribution in [0.5, 0.6) is 5.75 Å². The topological polar surface area (TPSA) is 43.4 Å². The summed E-state index contributed by atoms with van der Waals surface area (Å²) in [5.41, 5.74) is 1.09. The monoisotopic (exact) mass is 366 g/mol. The summed E-state index contributed by atoms with van der Waals surface area (Å²) in [7, 11) is 0. The maximum Gasteiger partial charge on any atom is 0.210 e. The zero-order valence-electron chi connectivity index (χ0n) is 11.6. The minimum Gasteiger partial charge on any atom is -0.485 e. The molecule has 0 unspecified atom stereocenters. The summed E-state index contributed by atoms with van der Waals surface area (Å²) in [6.45, 7) is 1.62. The molecule has 0 aliphatic rings. The van der Waals surface area contributed by atoms with Crippen molar-refractivity contribution in [2.24, 2.45) is 0 Å². The average molecular weight is 367 g/mol. The number of Topliss-reactive ketones (excluding diaryl/α,β-unsaturated/α-hetero) is 2. The first-order valence-corrected chi connectivity index (χ1v) is 8.15. The summed E-state index contributed by atoms with van der Waals surface area (Å²) < 4.78 is 6.42. The van der Waals surface area contributed by atoms with E-state index in [2.05, 4.69) is 15.9 Å². The molecule has 0 bridgehead atoms. The standard InChI is InChI=1S/C16H15BrO3S/c1-11(18)2-3-12-4-6-13(7-5-12)20-10-14(19)15-8-9-16(17)21-15/h4-9H,2-3,10H2,1H3. The first-order valence-electron chi connectivity index (χ1n) is 6.54. The number of carbonyl (C=O) groups excluding carboxylic acids is 2. The third kappa shape index (κ3) is 5.10. The van der Waals surface area contributed by atoms with Gasteiger partial charge in [-0.3, -0.25) is 4.79 Å². The van der Waals surface area contributed by atoms with Crippen LogP contribution in [-0.2, 0) is 11.2 Å². The van der Waals surface area contributed by atoms with E-state index in [9.17, 15) is 9.59 Å². The molecule has 0 saturated heterocycles. The van der Waals surface area contributed by atoms with E-state index in [0.717, 1.165) is 15.8 Å². The fourth-order valence-electron chi connectivity index (χ4n) is 1.76. The van der Waals surface area contributed by atoms with Crippen molar-refractivity contribution in [2.75, 3.05) is 6.61 Å². The molecule has 0 amide bonds. The summed E-state index contributed by atoms with van der Waals surface area (Å²) in [6, 6.07) is 11.1. The van der Waals surface area contributed by atoms with Crippen LogP contribution in [0.1, 0.15) is 28.6 Å². The predicted octanol–water partition coefficient (Wildman–Crippen LogP) is 4.29. The lowest BCUT2D eigenvalue weighted by Crippen LogP contribution is -2.10. The maximum atomic E-state index is 11.9. The molecule has 0 radical (unpaired) electrons. The Morgan fingerprint density at radius 2 is 1.86 bits per heavy atom. The second-order valence-corrected chi connectivity index (χ2v) is 7.12. The molecule has 1 aromatic heterocycles. The van der Waals surface area contributed by atoms with Crippen LogP contribution in [0.2, 0.25) is 0 Å². The minimum atomic E-state index is -0.0358. The number of thiophene rings is 1. The van der Waals surface area contributed by atoms with Gasteiger partial charge in [0.2, 0.25) is 5.78 Å². The van der Waals surface area contributed by atoms with Crippen molar-refractivity contribution >= 4 is 38.8 Å². The van der Waals surface area contributed by atoms with Crippen molar-refractivity contribution in [2.45, 2.75) is 19.8 Å². The second-order valence-electron chi connectivity index (χ2n) is 4.66. The van der Waals surface area contributed by atoms with Crippen molar-refractivity contribution in [1.29, 1.82) is 0 Å². The number of aryl methyl sites for hydroxylation is 1. The third-order valence-electron chi connectivity index (χ3n) is 2.91. The largest absolute Gasteiger partial charge is 0.485 e. The zero-order chi connectivity index (χ0) is 15.2. The fourth-order valence-corrected chi connectivity index (χ4v) is 3.07. The van der Waals surface area contributed by atoms with Gasteiger partial charge in [0.05, 0.1) is 8.66 Å². The fraction of sp³-hybridized carbons (Fsp3) is 0.250. The van der Waals surface area contributed by atoms with Gasteiger partial charge in [-0.1, -0.05) is 12.1 Å². The van der Waals surface area contributed by atoms with E-state index < -0.39 is 0 Å². The van der Waals surface area contributed by atoms with Crippen LogP contribution in [0, 0.1) is 0 Å². The van der Waals surface area contributed by atoms with E-state index in [1.54, 1.807) is 13.0 Å². The highest BCUT2D eigenvalue weighted by Gasteiger charge is 2.09. The van der Waals surface area contributed by atoms with Crippen LogP contribution in [0.3, 0.4) is 0 Å². The average Bonchev–Trinajstić information content (AvgIpc) is 2.90. The molecule has 0 N–H and O–H groups in total. The van der Waals surface area contributed by atoms with Gasteiger partial charge in [0.1, 0.15) is 11.5 Å². The number of ether oxygens (including phenoxy) is 1. The molecule has 5 heteroatoms. The Morgan fingerprint density at radius 1 is 1.14 bits per heavy atom. The summed E-state index contributed by atoms with van der Waals surface area (Å²) in [5, 5.41) is 0. The van der Waals surface area contributed by atoms with Crippen molar-refractivity contribution in [3.05, 3.63) is 50.6 Å². The highest BCUT2D eigenvalue weighted by atomic mass is 79.9. The predicted molar refractivity (Wildman–Crippen MR) is 87.3 cm³/mol. The van der Waals surface area contributed by atoms with Crippen molar-refractivity contribution in [1.82, 2.24) is 0 Å². The Labute approximate surface area is 136 Å². The van der Waals surface area contributed by atoms with E-state index in [1.165, 1.54) is 11.3 Å². The normalized spacial score (nSPS) is 10.4. The Bertz CT molecular complexity index is 631. The SMILES string of the molecule is CC(=O)CCc1ccc(OCC(=O)c2ccc(Br)s2)cc1. The highest BCUT2D eigenvalue weighted by Crippen LogP contribution is 2.22. The number of benzene rings is 1. The van der Waals surface area contributed by atoms with Gasteiger partial charge in [0.15, 0.2) is 6.61 Å². The number of hydrogen-bond donors (Lipinski definition) is 0. The highest BCUT2D eigenvalue weighted by molar-refractivity contribution is 9.11. The molecular weight excluding hydrogens is 352 g/mol. The van der Waals surface area contributed by atoms with Crippen LogP contribution in [0.15, 0.2) is 40.2 Å². The van der Waals surface area contributed by atoms with Gasteiger partial charge >= 0.3 is 0 Å². The van der Waals surface area contributed by atoms with Gasteiger partial charge in [0.25, 0.3) is 0 Å². The molecule has 0 spiro atoms. The molecule has 2 rings (SSSR count). The third-order valence-corrected chi connectivity index (χ3v) is 4.57. The van der Waals surface area contributed by atoms with Gasteiger partial charge in [-0.2, -0.15) is 0 Å². The number of halogens is 1. The zero-order valence-corrected chi connectivity index (χ0v) is 14.0. The van der Waals surface area contributed by atoms with E-state index in [-0.39, 0.29) is 18.2 Å². The number of ketones is 2. The first-order chi connectivity index (χ1) is 10.0. The molecule has 2 aromatic rings. The second kappa shape index (κ2) is 7.52. The molecule has 1 heterocycles. The number of hydrogen-bond acceptors (Lipinski definition) is 4. The Balaban J connectivity index is 1.86. The van der Waals surface area contributed by atoms with Crippen molar-refractivity contribution < 1.29 is 14.3 Å². The summed E-state index contributed by atoms with van der Waals surface area (Å²) in [4.78, 5) is 23.5. The van der Waals surface area contributed by atoms with Crippen LogP contribution >= 0.6 is 27.3 Å². The lowest BCUT2D eigenvalue weighted by atomic mass is 10.1. The van der Waals surface area contributed by atoms with E-state index in [4.69, 9.17) is 4.74 Å². The molecule has 110 valence electrons. The molecular formula is C16H15BrO3S. The summed E-state index contributed by atoms with van der Waals surface area (Å²) in [5.74, 6) is 0.805. The Morgan fingerprint density at radius 3 is 2.43 bits per heavy atom. The van der Waals surface area contributed by atoms with Crippen molar-refractivity contribution in [3.8, 4) is 5.75 Å². The molecule has 0 aliphatic carbocycles. The van der Waals surface area contributed by atoms with Crippen molar-refractivity contribution in [3.63, 3.8) is 0 Å². The molecule has 21 heavy (non-hydrogen) atoms. The smallest absolute Gasteiger partial charge is 0.210 e. The molecule has 1 aromatic carbocycles. The number of carbonyl (C=O) groups is 2. The minimum absolute atomic E-state index is 0.0275. The van der Waals surface area contributed by atoms with E-state index >= 15 is 0 Å². The molecule has 0 saturated carbocycles. The maximum absolute atomic E-state index is 11.9. The van der Waals surface area contributed by atoms with Gasteiger partial charge in [-0.05, 0) is 59.1 Å².